The number of halogens is 1. The van der Waals surface area contributed by atoms with E-state index >= 15 is 0 Å². The summed E-state index contributed by atoms with van der Waals surface area (Å²) in [5.74, 6) is -1.05. The van der Waals surface area contributed by atoms with E-state index in [1.165, 1.54) is 16.4 Å². The highest BCUT2D eigenvalue weighted by Gasteiger charge is 2.32. The van der Waals surface area contributed by atoms with Gasteiger partial charge in [-0.2, -0.15) is 4.31 Å². The largest absolute Gasteiger partial charge is 0.355 e. The smallest absolute Gasteiger partial charge is 0.243 e. The molecule has 0 aromatic heterocycles. The Morgan fingerprint density at radius 1 is 1.19 bits per heavy atom. The number of benzene rings is 1. The van der Waals surface area contributed by atoms with E-state index in [0.29, 0.717) is 12.8 Å². The number of hydrogen-bond acceptors (Lipinski definition) is 4. The summed E-state index contributed by atoms with van der Waals surface area (Å²) < 4.78 is 39.4. The monoisotopic (exact) mass is 399 g/mol. The molecule has 0 aliphatic carbocycles. The van der Waals surface area contributed by atoms with Crippen LogP contribution in [0.25, 0.3) is 0 Å². The molecule has 1 aliphatic rings. The number of carbonyl (C=O) groups is 2. The zero-order valence-electron chi connectivity index (χ0n) is 15.6. The van der Waals surface area contributed by atoms with Gasteiger partial charge in [0.25, 0.3) is 0 Å². The minimum Gasteiger partial charge on any atom is -0.355 e. The first-order chi connectivity index (χ1) is 12.7. The number of sulfonamides is 1. The van der Waals surface area contributed by atoms with Gasteiger partial charge in [-0.25, -0.2) is 12.8 Å². The first-order valence-corrected chi connectivity index (χ1v) is 10.5. The molecule has 0 atom stereocenters. The molecule has 1 aliphatic heterocycles. The minimum absolute atomic E-state index is 0.0444. The van der Waals surface area contributed by atoms with Crippen molar-refractivity contribution in [2.24, 2.45) is 5.92 Å². The van der Waals surface area contributed by atoms with Crippen LogP contribution in [0.4, 0.5) is 4.39 Å². The lowest BCUT2D eigenvalue weighted by atomic mass is 9.97. The average molecular weight is 399 g/mol. The molecule has 2 rings (SSSR count). The summed E-state index contributed by atoms with van der Waals surface area (Å²) in [6, 6.07) is 4.77. The number of rotatable bonds is 7. The van der Waals surface area contributed by atoms with Gasteiger partial charge >= 0.3 is 0 Å². The highest BCUT2D eigenvalue weighted by Crippen LogP contribution is 2.24. The van der Waals surface area contributed by atoms with Gasteiger partial charge in [-0.05, 0) is 51.0 Å². The molecule has 0 radical (unpaired) electrons. The fourth-order valence-electron chi connectivity index (χ4n) is 2.95. The molecule has 27 heavy (non-hydrogen) atoms. The predicted octanol–water partition coefficient (Wildman–Crippen LogP) is 1.26. The van der Waals surface area contributed by atoms with Crippen LogP contribution in [0.3, 0.4) is 0 Å². The minimum atomic E-state index is -3.69. The van der Waals surface area contributed by atoms with Crippen molar-refractivity contribution in [1.29, 1.82) is 0 Å². The van der Waals surface area contributed by atoms with Crippen LogP contribution in [-0.4, -0.2) is 50.2 Å². The SMILES string of the molecule is CC(C)NC(=O)CCNC(=O)C1CCN(S(=O)(=O)c2ccc(F)cc2)CC1. The van der Waals surface area contributed by atoms with E-state index < -0.39 is 15.8 Å². The molecule has 150 valence electrons. The van der Waals surface area contributed by atoms with Crippen molar-refractivity contribution in [3.05, 3.63) is 30.1 Å². The Kier molecular flexibility index (Phi) is 7.32. The van der Waals surface area contributed by atoms with E-state index in [4.69, 9.17) is 0 Å². The first-order valence-electron chi connectivity index (χ1n) is 9.03. The van der Waals surface area contributed by atoms with Gasteiger partial charge < -0.3 is 10.6 Å². The topological polar surface area (TPSA) is 95.6 Å². The van der Waals surface area contributed by atoms with Crippen LogP contribution < -0.4 is 10.6 Å². The van der Waals surface area contributed by atoms with Crippen molar-refractivity contribution in [1.82, 2.24) is 14.9 Å². The third-order valence-corrected chi connectivity index (χ3v) is 6.29. The Bertz CT molecular complexity index is 757. The second kappa shape index (κ2) is 9.27. The van der Waals surface area contributed by atoms with Gasteiger partial charge in [0, 0.05) is 38.0 Å². The third-order valence-electron chi connectivity index (χ3n) is 4.38. The molecular weight excluding hydrogens is 373 g/mol. The molecular formula is C18H26FN3O4S. The molecule has 1 aromatic rings. The van der Waals surface area contributed by atoms with Crippen molar-refractivity contribution >= 4 is 21.8 Å². The van der Waals surface area contributed by atoms with Crippen LogP contribution in [0.1, 0.15) is 33.1 Å². The molecule has 0 unspecified atom stereocenters. The van der Waals surface area contributed by atoms with E-state index in [9.17, 15) is 22.4 Å². The number of amides is 2. The van der Waals surface area contributed by atoms with Gasteiger partial charge in [-0.3, -0.25) is 9.59 Å². The van der Waals surface area contributed by atoms with Gasteiger partial charge in [0.1, 0.15) is 5.82 Å². The van der Waals surface area contributed by atoms with Gasteiger partial charge in [-0.1, -0.05) is 0 Å². The normalized spacial score (nSPS) is 16.3. The van der Waals surface area contributed by atoms with Gasteiger partial charge in [0.05, 0.1) is 4.90 Å². The predicted molar refractivity (Wildman–Crippen MR) is 98.8 cm³/mol. The van der Waals surface area contributed by atoms with Crippen LogP contribution in [0.15, 0.2) is 29.2 Å². The summed E-state index contributed by atoms with van der Waals surface area (Å²) in [7, 11) is -3.69. The molecule has 2 N–H and O–H groups in total. The molecule has 1 fully saturated rings. The molecule has 1 aromatic carbocycles. The van der Waals surface area contributed by atoms with E-state index in [-0.39, 0.29) is 54.7 Å². The van der Waals surface area contributed by atoms with E-state index in [1.807, 2.05) is 13.8 Å². The Hall–Kier alpha value is -2.00. The van der Waals surface area contributed by atoms with Gasteiger partial charge in [0.2, 0.25) is 21.8 Å². The standard InChI is InChI=1S/C18H26FN3O4S/c1-13(2)21-17(23)7-10-20-18(24)14-8-11-22(12-9-14)27(25,26)16-5-3-15(19)4-6-16/h3-6,13-14H,7-12H2,1-2H3,(H,20,24)(H,21,23). The summed E-state index contributed by atoms with van der Waals surface area (Å²) >= 11 is 0. The summed E-state index contributed by atoms with van der Waals surface area (Å²) in [4.78, 5) is 23.8. The van der Waals surface area contributed by atoms with Crippen molar-refractivity contribution < 1.29 is 22.4 Å². The van der Waals surface area contributed by atoms with Crippen molar-refractivity contribution in [2.45, 2.75) is 44.0 Å². The molecule has 0 saturated carbocycles. The Morgan fingerprint density at radius 3 is 2.33 bits per heavy atom. The quantitative estimate of drug-likeness (QED) is 0.722. The van der Waals surface area contributed by atoms with E-state index in [1.54, 1.807) is 0 Å². The number of carbonyl (C=O) groups excluding carboxylic acids is 2. The number of nitrogens with zero attached hydrogens (tertiary/aromatic N) is 1. The molecule has 0 spiro atoms. The molecule has 7 nitrogen and oxygen atoms in total. The second-order valence-electron chi connectivity index (χ2n) is 6.90. The van der Waals surface area contributed by atoms with E-state index in [0.717, 1.165) is 12.1 Å². The maximum atomic E-state index is 13.0. The lowest BCUT2D eigenvalue weighted by Gasteiger charge is -2.30. The number of piperidine rings is 1. The second-order valence-corrected chi connectivity index (χ2v) is 8.83. The lowest BCUT2D eigenvalue weighted by Crippen LogP contribution is -2.43. The lowest BCUT2D eigenvalue weighted by molar-refractivity contribution is -0.126. The fourth-order valence-corrected chi connectivity index (χ4v) is 4.42. The highest BCUT2D eigenvalue weighted by atomic mass is 32.2. The summed E-state index contributed by atoms with van der Waals surface area (Å²) in [6.07, 6.45) is 1.02. The van der Waals surface area contributed by atoms with Crippen LogP contribution in [0.5, 0.6) is 0 Å². The molecule has 1 saturated heterocycles. The van der Waals surface area contributed by atoms with Crippen molar-refractivity contribution in [2.75, 3.05) is 19.6 Å². The molecule has 0 bridgehead atoms. The zero-order valence-corrected chi connectivity index (χ0v) is 16.4. The number of hydrogen-bond donors (Lipinski definition) is 2. The Balaban J connectivity index is 1.81. The van der Waals surface area contributed by atoms with Crippen LogP contribution >= 0.6 is 0 Å². The van der Waals surface area contributed by atoms with Crippen LogP contribution in [0, 0.1) is 11.7 Å². The maximum absolute atomic E-state index is 13.0. The molecule has 2 amide bonds. The Labute approximate surface area is 159 Å². The Morgan fingerprint density at radius 2 is 1.78 bits per heavy atom. The fraction of sp³-hybridized carbons (Fsp3) is 0.556. The maximum Gasteiger partial charge on any atom is 0.243 e. The van der Waals surface area contributed by atoms with Crippen molar-refractivity contribution in [3.8, 4) is 0 Å². The summed E-state index contributed by atoms with van der Waals surface area (Å²) in [5, 5.41) is 5.49. The van der Waals surface area contributed by atoms with Crippen LogP contribution in [-0.2, 0) is 19.6 Å². The summed E-state index contributed by atoms with van der Waals surface area (Å²) in [5.41, 5.74) is 0. The van der Waals surface area contributed by atoms with Crippen molar-refractivity contribution in [3.63, 3.8) is 0 Å². The van der Waals surface area contributed by atoms with Gasteiger partial charge in [-0.15, -0.1) is 0 Å². The van der Waals surface area contributed by atoms with Gasteiger partial charge in [0.15, 0.2) is 0 Å². The molecule has 1 heterocycles. The first kappa shape index (κ1) is 21.3. The van der Waals surface area contributed by atoms with E-state index in [2.05, 4.69) is 10.6 Å². The third kappa shape index (κ3) is 6.00. The zero-order chi connectivity index (χ0) is 20.0. The number of nitrogens with one attached hydrogen (secondary N) is 2. The summed E-state index contributed by atoms with van der Waals surface area (Å²) in [6.45, 7) is 4.44. The van der Waals surface area contributed by atoms with Crippen LogP contribution in [0.2, 0.25) is 0 Å². The highest BCUT2D eigenvalue weighted by molar-refractivity contribution is 7.89. The molecule has 9 heteroatoms. The average Bonchev–Trinajstić information content (AvgIpc) is 2.61.